The van der Waals surface area contributed by atoms with Gasteiger partial charge in [0, 0.05) is 56.2 Å². The summed E-state index contributed by atoms with van der Waals surface area (Å²) < 4.78 is 1.71. The van der Waals surface area contributed by atoms with E-state index in [0.717, 1.165) is 34.9 Å². The summed E-state index contributed by atoms with van der Waals surface area (Å²) in [6.07, 6.45) is 9.65. The van der Waals surface area contributed by atoms with Crippen molar-refractivity contribution in [1.82, 2.24) is 29.6 Å². The van der Waals surface area contributed by atoms with E-state index in [-0.39, 0.29) is 11.8 Å². The van der Waals surface area contributed by atoms with E-state index in [1.165, 1.54) is 0 Å². The van der Waals surface area contributed by atoms with Gasteiger partial charge in [-0.05, 0) is 38.0 Å². The molecule has 0 unspecified atom stereocenters. The third kappa shape index (κ3) is 4.53. The second kappa shape index (κ2) is 8.44. The molecule has 3 aromatic heterocycles. The zero-order valence-electron chi connectivity index (χ0n) is 17.4. The summed E-state index contributed by atoms with van der Waals surface area (Å²) in [4.78, 5) is 27.9. The quantitative estimate of drug-likeness (QED) is 0.659. The van der Waals surface area contributed by atoms with E-state index in [1.54, 1.807) is 29.2 Å². The van der Waals surface area contributed by atoms with Crippen molar-refractivity contribution in [2.45, 2.75) is 26.2 Å². The van der Waals surface area contributed by atoms with E-state index in [9.17, 15) is 4.79 Å². The Morgan fingerprint density at radius 2 is 2.17 bits per heavy atom. The van der Waals surface area contributed by atoms with Gasteiger partial charge in [0.2, 0.25) is 5.91 Å². The molecular formula is C22H25N7O. The summed E-state index contributed by atoms with van der Waals surface area (Å²) in [5.41, 5.74) is 2.91. The fraction of sp³-hybridized carbons (Fsp3) is 0.318. The Bertz CT molecular complexity index is 1090. The van der Waals surface area contributed by atoms with E-state index in [4.69, 9.17) is 0 Å². The van der Waals surface area contributed by atoms with Crippen molar-refractivity contribution in [1.29, 1.82) is 0 Å². The SMILES string of the molecule is Cc1nc(Nc2ncccc2C)cc([C@@H]2CCN(C(=O)/C=C/c3cnn(C)c3)C2)n1. The van der Waals surface area contributed by atoms with Crippen LogP contribution in [0, 0.1) is 13.8 Å². The summed E-state index contributed by atoms with van der Waals surface area (Å²) in [6.45, 7) is 5.25. The number of aryl methyl sites for hydroxylation is 3. The normalized spacial score (nSPS) is 16.4. The number of hydrogen-bond acceptors (Lipinski definition) is 6. The number of likely N-dealkylation sites (tertiary alicyclic amines) is 1. The molecule has 0 spiro atoms. The molecule has 154 valence electrons. The Hall–Kier alpha value is -3.55. The third-order valence-electron chi connectivity index (χ3n) is 5.18. The van der Waals surface area contributed by atoms with Crippen LogP contribution in [0.2, 0.25) is 0 Å². The van der Waals surface area contributed by atoms with Crippen molar-refractivity contribution < 1.29 is 4.79 Å². The van der Waals surface area contributed by atoms with Gasteiger partial charge < -0.3 is 10.2 Å². The number of rotatable bonds is 5. The first-order valence-electron chi connectivity index (χ1n) is 9.98. The topological polar surface area (TPSA) is 88.8 Å². The fourth-order valence-corrected chi connectivity index (χ4v) is 3.60. The Balaban J connectivity index is 1.44. The van der Waals surface area contributed by atoms with Gasteiger partial charge in [-0.1, -0.05) is 6.07 Å². The van der Waals surface area contributed by atoms with Gasteiger partial charge in [0.05, 0.1) is 11.9 Å². The molecule has 1 saturated heterocycles. The molecule has 3 aromatic rings. The predicted octanol–water partition coefficient (Wildman–Crippen LogP) is 2.99. The number of carbonyl (C=O) groups excluding carboxylic acids is 1. The Morgan fingerprint density at radius 1 is 1.30 bits per heavy atom. The van der Waals surface area contributed by atoms with E-state index in [2.05, 4.69) is 25.4 Å². The van der Waals surface area contributed by atoms with Crippen LogP contribution in [0.5, 0.6) is 0 Å². The van der Waals surface area contributed by atoms with Gasteiger partial charge in [-0.25, -0.2) is 15.0 Å². The van der Waals surface area contributed by atoms with Crippen LogP contribution in [0.25, 0.3) is 6.08 Å². The highest BCUT2D eigenvalue weighted by molar-refractivity contribution is 5.92. The number of carbonyl (C=O) groups is 1. The fourth-order valence-electron chi connectivity index (χ4n) is 3.60. The van der Waals surface area contributed by atoms with Crippen LogP contribution in [-0.4, -0.2) is 48.6 Å². The minimum Gasteiger partial charge on any atom is -0.338 e. The van der Waals surface area contributed by atoms with Gasteiger partial charge in [-0.3, -0.25) is 9.48 Å². The first-order valence-corrected chi connectivity index (χ1v) is 9.98. The zero-order chi connectivity index (χ0) is 21.1. The molecule has 0 radical (unpaired) electrons. The van der Waals surface area contributed by atoms with Crippen LogP contribution in [0.4, 0.5) is 11.6 Å². The predicted molar refractivity (Wildman–Crippen MR) is 115 cm³/mol. The number of pyridine rings is 1. The van der Waals surface area contributed by atoms with Crippen molar-refractivity contribution in [3.05, 3.63) is 65.5 Å². The first kappa shape index (κ1) is 19.8. The summed E-state index contributed by atoms with van der Waals surface area (Å²) in [7, 11) is 1.85. The molecule has 0 aromatic carbocycles. The molecular weight excluding hydrogens is 378 g/mol. The summed E-state index contributed by atoms with van der Waals surface area (Å²) in [5, 5.41) is 7.40. The Labute approximate surface area is 175 Å². The van der Waals surface area contributed by atoms with Crippen LogP contribution in [0.15, 0.2) is 42.9 Å². The molecule has 30 heavy (non-hydrogen) atoms. The van der Waals surface area contributed by atoms with E-state index >= 15 is 0 Å². The van der Waals surface area contributed by atoms with Gasteiger partial charge in [0.15, 0.2) is 0 Å². The number of hydrogen-bond donors (Lipinski definition) is 1. The molecule has 8 nitrogen and oxygen atoms in total. The number of aromatic nitrogens is 5. The maximum absolute atomic E-state index is 12.6. The number of amides is 1. The number of nitrogens with zero attached hydrogens (tertiary/aromatic N) is 6. The van der Waals surface area contributed by atoms with Gasteiger partial charge in [-0.15, -0.1) is 0 Å². The molecule has 1 N–H and O–H groups in total. The Kier molecular flexibility index (Phi) is 5.56. The molecule has 1 amide bonds. The maximum Gasteiger partial charge on any atom is 0.246 e. The van der Waals surface area contributed by atoms with Gasteiger partial charge >= 0.3 is 0 Å². The monoisotopic (exact) mass is 403 g/mol. The van der Waals surface area contributed by atoms with E-state index in [1.807, 2.05) is 50.2 Å². The van der Waals surface area contributed by atoms with Crippen molar-refractivity contribution in [2.24, 2.45) is 7.05 Å². The lowest BCUT2D eigenvalue weighted by Gasteiger charge is -2.15. The second-order valence-electron chi connectivity index (χ2n) is 7.57. The van der Waals surface area contributed by atoms with Crippen molar-refractivity contribution >= 4 is 23.6 Å². The molecule has 4 rings (SSSR count). The highest BCUT2D eigenvalue weighted by Gasteiger charge is 2.27. The molecule has 1 atom stereocenters. The molecule has 4 heterocycles. The van der Waals surface area contributed by atoms with Crippen LogP contribution < -0.4 is 5.32 Å². The van der Waals surface area contributed by atoms with Crippen LogP contribution >= 0.6 is 0 Å². The lowest BCUT2D eigenvalue weighted by Crippen LogP contribution is -2.26. The molecule has 1 aliphatic rings. The molecule has 0 saturated carbocycles. The van der Waals surface area contributed by atoms with E-state index in [0.29, 0.717) is 18.9 Å². The average Bonchev–Trinajstić information content (AvgIpc) is 3.37. The van der Waals surface area contributed by atoms with Crippen LogP contribution in [0.1, 0.15) is 35.0 Å². The lowest BCUT2D eigenvalue weighted by atomic mass is 10.0. The Morgan fingerprint density at radius 3 is 2.93 bits per heavy atom. The average molecular weight is 403 g/mol. The van der Waals surface area contributed by atoms with Gasteiger partial charge in [-0.2, -0.15) is 5.10 Å². The van der Waals surface area contributed by atoms with Crippen molar-refractivity contribution in [3.8, 4) is 0 Å². The van der Waals surface area contributed by atoms with Crippen molar-refractivity contribution in [2.75, 3.05) is 18.4 Å². The third-order valence-corrected chi connectivity index (χ3v) is 5.18. The molecule has 0 aliphatic carbocycles. The molecule has 1 aliphatic heterocycles. The van der Waals surface area contributed by atoms with Crippen LogP contribution in [-0.2, 0) is 11.8 Å². The van der Waals surface area contributed by atoms with Gasteiger partial charge in [0.1, 0.15) is 17.5 Å². The minimum absolute atomic E-state index is 0.00888. The van der Waals surface area contributed by atoms with Gasteiger partial charge in [0.25, 0.3) is 0 Å². The standard InChI is InChI=1S/C22H25N7O/c1-15-5-4-9-23-22(15)27-20-11-19(25-16(2)26-20)18-8-10-29(14-18)21(30)7-6-17-12-24-28(3)13-17/h4-7,9,11-13,18H,8,10,14H2,1-3H3,(H,23,25,26,27)/b7-6+/t18-/m1/s1. The second-order valence-corrected chi connectivity index (χ2v) is 7.57. The summed E-state index contributed by atoms with van der Waals surface area (Å²) >= 11 is 0. The highest BCUT2D eigenvalue weighted by Crippen LogP contribution is 2.28. The maximum atomic E-state index is 12.6. The highest BCUT2D eigenvalue weighted by atomic mass is 16.2. The number of anilines is 2. The molecule has 8 heteroatoms. The first-order chi connectivity index (χ1) is 14.5. The molecule has 0 bridgehead atoms. The lowest BCUT2D eigenvalue weighted by molar-refractivity contribution is -0.124. The minimum atomic E-state index is 0.00888. The van der Waals surface area contributed by atoms with Crippen LogP contribution in [0.3, 0.4) is 0 Å². The number of nitrogens with one attached hydrogen (secondary N) is 1. The zero-order valence-corrected chi connectivity index (χ0v) is 17.4. The molecule has 1 fully saturated rings. The summed E-state index contributed by atoms with van der Waals surface area (Å²) in [5.74, 6) is 2.40. The largest absolute Gasteiger partial charge is 0.338 e. The summed E-state index contributed by atoms with van der Waals surface area (Å²) in [6, 6.07) is 5.87. The van der Waals surface area contributed by atoms with E-state index < -0.39 is 0 Å². The van der Waals surface area contributed by atoms with Crippen molar-refractivity contribution in [3.63, 3.8) is 0 Å². The smallest absolute Gasteiger partial charge is 0.246 e.